The van der Waals surface area contributed by atoms with Gasteiger partial charge in [0.1, 0.15) is 5.65 Å². The molecule has 0 amide bonds. The van der Waals surface area contributed by atoms with Gasteiger partial charge in [0.25, 0.3) is 0 Å². The summed E-state index contributed by atoms with van der Waals surface area (Å²) in [5, 5.41) is 0. The highest BCUT2D eigenvalue weighted by molar-refractivity contribution is 7.92. The molecule has 5 nitrogen and oxygen atoms in total. The summed E-state index contributed by atoms with van der Waals surface area (Å²) in [6.07, 6.45) is 4.18. The maximum Gasteiger partial charge on any atom is 0.232 e. The Balaban J connectivity index is 2.31. The summed E-state index contributed by atoms with van der Waals surface area (Å²) in [7, 11) is -3.23. The molecule has 0 aromatic carbocycles. The molecule has 0 fully saturated rings. The van der Waals surface area contributed by atoms with Gasteiger partial charge in [-0.1, -0.05) is 6.92 Å². The Hall–Kier alpha value is -1.56. The van der Waals surface area contributed by atoms with Gasteiger partial charge in [-0.3, -0.25) is 4.72 Å². The van der Waals surface area contributed by atoms with Crippen LogP contribution in [0.5, 0.6) is 0 Å². The van der Waals surface area contributed by atoms with Gasteiger partial charge in [-0.15, -0.1) is 0 Å². The summed E-state index contributed by atoms with van der Waals surface area (Å²) in [4.78, 5) is 4.27. The summed E-state index contributed by atoms with van der Waals surface area (Å²) >= 11 is 0. The molecule has 0 unspecified atom stereocenters. The van der Waals surface area contributed by atoms with Crippen molar-refractivity contribution >= 4 is 21.4 Å². The van der Waals surface area contributed by atoms with Gasteiger partial charge in [0, 0.05) is 12.4 Å². The van der Waals surface area contributed by atoms with Crippen molar-refractivity contribution in [3.63, 3.8) is 0 Å². The van der Waals surface area contributed by atoms with E-state index in [9.17, 15) is 8.42 Å². The van der Waals surface area contributed by atoms with Crippen LogP contribution in [0.15, 0.2) is 24.5 Å². The predicted octanol–water partition coefficient (Wildman–Crippen LogP) is 1.79. The Morgan fingerprint density at radius 1 is 1.35 bits per heavy atom. The molecule has 0 saturated carbocycles. The molecule has 0 aliphatic heterocycles. The highest BCUT2D eigenvalue weighted by atomic mass is 32.2. The average molecular weight is 253 g/mol. The third kappa shape index (κ3) is 2.76. The van der Waals surface area contributed by atoms with Crippen LogP contribution in [0.25, 0.3) is 5.65 Å². The number of imidazole rings is 1. The molecule has 1 N–H and O–H groups in total. The van der Waals surface area contributed by atoms with Crippen molar-refractivity contribution in [3.8, 4) is 0 Å². The quantitative estimate of drug-likeness (QED) is 0.903. The van der Waals surface area contributed by atoms with Gasteiger partial charge >= 0.3 is 0 Å². The molecular weight excluding hydrogens is 238 g/mol. The number of rotatable bonds is 4. The molecule has 2 rings (SSSR count). The standard InChI is InChI=1S/C11H15N3O2S/c1-3-6-17(15,16)13-10-4-5-11-12-9(2)7-14(11)8-10/h4-5,7-8,13H,3,6H2,1-2H3. The van der Waals surface area contributed by atoms with Gasteiger partial charge in [0.05, 0.1) is 17.1 Å². The minimum absolute atomic E-state index is 0.133. The van der Waals surface area contributed by atoms with Gasteiger partial charge in [-0.2, -0.15) is 0 Å². The molecule has 2 heterocycles. The van der Waals surface area contributed by atoms with Crippen LogP contribution < -0.4 is 4.72 Å². The van der Waals surface area contributed by atoms with Crippen LogP contribution in [-0.2, 0) is 10.0 Å². The van der Waals surface area contributed by atoms with E-state index in [1.54, 1.807) is 22.7 Å². The van der Waals surface area contributed by atoms with E-state index in [4.69, 9.17) is 0 Å². The highest BCUT2D eigenvalue weighted by Crippen LogP contribution is 2.13. The number of hydrogen-bond acceptors (Lipinski definition) is 3. The van der Waals surface area contributed by atoms with E-state index in [0.29, 0.717) is 12.1 Å². The van der Waals surface area contributed by atoms with E-state index in [-0.39, 0.29) is 5.75 Å². The van der Waals surface area contributed by atoms with Crippen molar-refractivity contribution in [3.05, 3.63) is 30.2 Å². The topological polar surface area (TPSA) is 63.5 Å². The number of nitrogens with zero attached hydrogens (tertiary/aromatic N) is 2. The average Bonchev–Trinajstić information content (AvgIpc) is 2.56. The molecule has 0 radical (unpaired) electrons. The van der Waals surface area contributed by atoms with E-state index in [1.165, 1.54) is 0 Å². The lowest BCUT2D eigenvalue weighted by Gasteiger charge is -2.06. The lowest BCUT2D eigenvalue weighted by molar-refractivity contribution is 0.600. The fourth-order valence-corrected chi connectivity index (χ4v) is 2.80. The summed E-state index contributed by atoms with van der Waals surface area (Å²) in [5.41, 5.74) is 2.27. The zero-order chi connectivity index (χ0) is 12.5. The first-order valence-electron chi connectivity index (χ1n) is 5.46. The number of nitrogens with one attached hydrogen (secondary N) is 1. The lowest BCUT2D eigenvalue weighted by Crippen LogP contribution is -2.16. The lowest BCUT2D eigenvalue weighted by atomic mass is 10.4. The zero-order valence-corrected chi connectivity index (χ0v) is 10.7. The number of sulfonamides is 1. The summed E-state index contributed by atoms with van der Waals surface area (Å²) < 4.78 is 27.6. The fourth-order valence-electron chi connectivity index (χ4n) is 1.68. The molecule has 17 heavy (non-hydrogen) atoms. The van der Waals surface area contributed by atoms with Crippen molar-refractivity contribution in [1.82, 2.24) is 9.38 Å². The monoisotopic (exact) mass is 253 g/mol. The van der Waals surface area contributed by atoms with Gasteiger partial charge in [-0.05, 0) is 25.5 Å². The third-order valence-electron chi connectivity index (χ3n) is 2.32. The Labute approximate surface area is 101 Å². The van der Waals surface area contributed by atoms with Crippen molar-refractivity contribution < 1.29 is 8.42 Å². The second-order valence-electron chi connectivity index (χ2n) is 3.99. The molecule has 0 bridgehead atoms. The Morgan fingerprint density at radius 2 is 2.12 bits per heavy atom. The van der Waals surface area contributed by atoms with Gasteiger partial charge in [0.2, 0.25) is 10.0 Å². The predicted molar refractivity (Wildman–Crippen MR) is 67.6 cm³/mol. The summed E-state index contributed by atoms with van der Waals surface area (Å²) in [6, 6.07) is 3.51. The van der Waals surface area contributed by atoms with Crippen LogP contribution >= 0.6 is 0 Å². The van der Waals surface area contributed by atoms with Crippen LogP contribution in [0.1, 0.15) is 19.0 Å². The number of aromatic nitrogens is 2. The van der Waals surface area contributed by atoms with Crippen LogP contribution in [-0.4, -0.2) is 23.6 Å². The summed E-state index contributed by atoms with van der Waals surface area (Å²) in [6.45, 7) is 3.73. The first kappa shape index (κ1) is 11.9. The molecule has 0 atom stereocenters. The molecule has 0 spiro atoms. The van der Waals surface area contributed by atoms with Gasteiger partial charge in [-0.25, -0.2) is 13.4 Å². The molecule has 0 saturated heterocycles. The number of pyridine rings is 1. The van der Waals surface area contributed by atoms with Crippen LogP contribution in [0, 0.1) is 6.92 Å². The minimum atomic E-state index is -3.23. The number of aryl methyl sites for hydroxylation is 1. The molecule has 2 aromatic heterocycles. The van der Waals surface area contributed by atoms with Crippen LogP contribution in [0.2, 0.25) is 0 Å². The Bertz CT molecular complexity index is 631. The van der Waals surface area contributed by atoms with Gasteiger partial charge in [0.15, 0.2) is 0 Å². The first-order chi connectivity index (χ1) is 8.00. The SMILES string of the molecule is CCCS(=O)(=O)Nc1ccc2nc(C)cn2c1. The number of hydrogen-bond donors (Lipinski definition) is 1. The first-order valence-corrected chi connectivity index (χ1v) is 7.11. The normalized spacial score (nSPS) is 11.9. The molecular formula is C11H15N3O2S. The second kappa shape index (κ2) is 4.37. The second-order valence-corrected chi connectivity index (χ2v) is 5.83. The number of fused-ring (bicyclic) bond motifs is 1. The smallest absolute Gasteiger partial charge is 0.232 e. The van der Waals surface area contributed by atoms with Gasteiger partial charge < -0.3 is 4.40 Å². The Morgan fingerprint density at radius 3 is 2.82 bits per heavy atom. The minimum Gasteiger partial charge on any atom is -0.305 e. The van der Waals surface area contributed by atoms with Crippen LogP contribution in [0.3, 0.4) is 0 Å². The zero-order valence-electron chi connectivity index (χ0n) is 9.84. The number of anilines is 1. The Kier molecular flexibility index (Phi) is 3.06. The highest BCUT2D eigenvalue weighted by Gasteiger charge is 2.09. The third-order valence-corrected chi connectivity index (χ3v) is 3.81. The molecule has 92 valence electrons. The van der Waals surface area contributed by atoms with Crippen molar-refractivity contribution in [2.45, 2.75) is 20.3 Å². The van der Waals surface area contributed by atoms with E-state index in [0.717, 1.165) is 11.3 Å². The largest absolute Gasteiger partial charge is 0.305 e. The molecule has 6 heteroatoms. The molecule has 0 aliphatic carbocycles. The van der Waals surface area contributed by atoms with E-state index < -0.39 is 10.0 Å². The summed E-state index contributed by atoms with van der Waals surface area (Å²) in [5.74, 6) is 0.133. The van der Waals surface area contributed by atoms with E-state index in [2.05, 4.69) is 9.71 Å². The van der Waals surface area contributed by atoms with E-state index in [1.807, 2.05) is 20.0 Å². The van der Waals surface area contributed by atoms with E-state index >= 15 is 0 Å². The van der Waals surface area contributed by atoms with Crippen molar-refractivity contribution in [2.24, 2.45) is 0 Å². The maximum atomic E-state index is 11.6. The van der Waals surface area contributed by atoms with Crippen LogP contribution in [0.4, 0.5) is 5.69 Å². The van der Waals surface area contributed by atoms with Crippen molar-refractivity contribution in [2.75, 3.05) is 10.5 Å². The van der Waals surface area contributed by atoms with Crippen molar-refractivity contribution in [1.29, 1.82) is 0 Å². The fraction of sp³-hybridized carbons (Fsp3) is 0.364. The molecule has 2 aromatic rings. The maximum absolute atomic E-state index is 11.6. The molecule has 0 aliphatic rings.